The third-order valence-corrected chi connectivity index (χ3v) is 4.30. The van der Waals surface area contributed by atoms with Crippen molar-refractivity contribution >= 4 is 38.9 Å². The van der Waals surface area contributed by atoms with Crippen molar-refractivity contribution in [3.05, 3.63) is 41.6 Å². The quantitative estimate of drug-likeness (QED) is 0.492. The molecule has 0 unspecified atom stereocenters. The van der Waals surface area contributed by atoms with Gasteiger partial charge in [0.1, 0.15) is 0 Å². The topological polar surface area (TPSA) is 121 Å². The van der Waals surface area contributed by atoms with Gasteiger partial charge in [-0.15, -0.1) is 0 Å². The second kappa shape index (κ2) is 6.25. The van der Waals surface area contributed by atoms with Gasteiger partial charge in [-0.1, -0.05) is 25.1 Å². The summed E-state index contributed by atoms with van der Waals surface area (Å²) in [5.41, 5.74) is 11.7. The summed E-state index contributed by atoms with van der Waals surface area (Å²) in [6, 6.07) is 8.78. The van der Waals surface area contributed by atoms with Gasteiger partial charge in [-0.3, -0.25) is 4.79 Å². The first kappa shape index (κ1) is 16.8. The number of hydrogen-bond acceptors (Lipinski definition) is 3. The normalized spacial score (nSPS) is 12.3. The highest BCUT2D eigenvalue weighted by Gasteiger charge is 2.16. The van der Waals surface area contributed by atoms with Crippen LogP contribution in [0.1, 0.15) is 19.0 Å². The zero-order chi connectivity index (χ0) is 17.2. The first-order valence-corrected chi connectivity index (χ1v) is 8.74. The monoisotopic (exact) mass is 334 g/mol. The Kier molecular flexibility index (Phi) is 4.55. The number of nitrogens with two attached hydrogens (primary N) is 2. The van der Waals surface area contributed by atoms with E-state index in [1.54, 1.807) is 31.2 Å². The number of guanidine groups is 1. The lowest BCUT2D eigenvalue weighted by atomic mass is 10.1. The lowest BCUT2D eigenvalue weighted by molar-refractivity contribution is -0.114. The summed E-state index contributed by atoms with van der Waals surface area (Å²) in [6.07, 6.45) is 2.97. The molecule has 0 spiro atoms. The summed E-state index contributed by atoms with van der Waals surface area (Å²) in [4.78, 5) is 15.5. The Morgan fingerprint density at radius 2 is 1.96 bits per heavy atom. The zero-order valence-corrected chi connectivity index (χ0v) is 13.7. The average molecular weight is 334 g/mol. The molecule has 0 fully saturated rings. The Balaban J connectivity index is 2.70. The smallest absolute Gasteiger partial charge is 0.276 e. The molecule has 0 aliphatic rings. The van der Waals surface area contributed by atoms with Crippen LogP contribution in [-0.4, -0.2) is 30.5 Å². The van der Waals surface area contributed by atoms with Crippen molar-refractivity contribution in [3.8, 4) is 0 Å². The summed E-state index contributed by atoms with van der Waals surface area (Å²) in [5.74, 6) is -0.921. The van der Waals surface area contributed by atoms with Crippen molar-refractivity contribution in [1.82, 2.24) is 3.97 Å². The van der Waals surface area contributed by atoms with Gasteiger partial charge in [0.15, 0.2) is 5.96 Å². The zero-order valence-electron chi connectivity index (χ0n) is 12.9. The fourth-order valence-corrected chi connectivity index (χ4v) is 3.32. The second-order valence-corrected chi connectivity index (χ2v) is 6.85. The molecule has 23 heavy (non-hydrogen) atoms. The number of para-hydroxylation sites is 1. The summed E-state index contributed by atoms with van der Waals surface area (Å²) in [5, 5.41) is 0.758. The van der Waals surface area contributed by atoms with Crippen LogP contribution in [0, 0.1) is 0 Å². The van der Waals surface area contributed by atoms with Gasteiger partial charge in [-0.2, -0.15) is 4.99 Å². The highest BCUT2D eigenvalue weighted by Crippen LogP contribution is 2.24. The van der Waals surface area contributed by atoms with Crippen molar-refractivity contribution in [3.63, 3.8) is 0 Å². The number of fused-ring (bicyclic) bond motifs is 1. The number of aliphatic imine (C=N–C) groups is 1. The first-order chi connectivity index (χ1) is 10.7. The fraction of sp³-hybridized carbons (Fsp3) is 0.200. The molecular weight excluding hydrogens is 316 g/mol. The summed E-state index contributed by atoms with van der Waals surface area (Å²) in [6.45, 7) is 1.76. The van der Waals surface area contributed by atoms with Crippen LogP contribution in [-0.2, 0) is 14.8 Å². The van der Waals surface area contributed by atoms with Crippen LogP contribution in [0.5, 0.6) is 0 Å². The minimum Gasteiger partial charge on any atom is -0.370 e. The third-order valence-electron chi connectivity index (χ3n) is 3.23. The summed E-state index contributed by atoms with van der Waals surface area (Å²) in [7, 11) is -3.54. The van der Waals surface area contributed by atoms with Gasteiger partial charge >= 0.3 is 0 Å². The van der Waals surface area contributed by atoms with Crippen molar-refractivity contribution in [1.29, 1.82) is 0 Å². The molecule has 0 bridgehead atoms. The van der Waals surface area contributed by atoms with Crippen LogP contribution < -0.4 is 11.5 Å². The van der Waals surface area contributed by atoms with Gasteiger partial charge in [0.25, 0.3) is 5.91 Å². The summed E-state index contributed by atoms with van der Waals surface area (Å²) >= 11 is 0. The van der Waals surface area contributed by atoms with Crippen LogP contribution in [0.25, 0.3) is 17.0 Å². The Labute approximate surface area is 134 Å². The standard InChI is InChI=1S/C15H18N4O3S/c1-3-10(14(20)18-15(16)17)8-12-9-11-6-4-5-7-13(11)19(12)23(2,21)22/h4-9H,3H2,1-2H3,(H4,16,17,18,20)/b10-8+. The molecule has 8 heteroatoms. The molecule has 0 aliphatic heterocycles. The lowest BCUT2D eigenvalue weighted by Crippen LogP contribution is -2.24. The number of benzene rings is 1. The van der Waals surface area contributed by atoms with Crippen molar-refractivity contribution in [2.75, 3.05) is 6.26 Å². The van der Waals surface area contributed by atoms with E-state index in [0.29, 0.717) is 23.2 Å². The maximum Gasteiger partial charge on any atom is 0.276 e. The van der Waals surface area contributed by atoms with Crippen LogP contribution >= 0.6 is 0 Å². The van der Waals surface area contributed by atoms with E-state index < -0.39 is 15.9 Å². The highest BCUT2D eigenvalue weighted by atomic mass is 32.2. The maximum absolute atomic E-state index is 12.1. The predicted octanol–water partition coefficient (Wildman–Crippen LogP) is 1.04. The molecule has 2 aromatic rings. The Bertz CT molecular complexity index is 919. The molecule has 1 aromatic heterocycles. The van der Waals surface area contributed by atoms with Crippen LogP contribution in [0.4, 0.5) is 0 Å². The SMILES string of the molecule is CC/C(=C\c1cc2ccccc2n1S(C)(=O)=O)C(=O)N=C(N)N. The number of aromatic nitrogens is 1. The van der Waals surface area contributed by atoms with Crippen LogP contribution in [0.3, 0.4) is 0 Å². The molecule has 122 valence electrons. The largest absolute Gasteiger partial charge is 0.370 e. The number of rotatable bonds is 4. The average Bonchev–Trinajstić information content (AvgIpc) is 2.81. The van der Waals surface area contributed by atoms with E-state index in [2.05, 4.69) is 4.99 Å². The minimum absolute atomic E-state index is 0.311. The van der Waals surface area contributed by atoms with E-state index in [1.165, 1.54) is 10.0 Å². The number of carbonyl (C=O) groups is 1. The van der Waals surface area contributed by atoms with Gasteiger partial charge in [0.2, 0.25) is 10.0 Å². The van der Waals surface area contributed by atoms with Gasteiger partial charge in [-0.05, 0) is 24.6 Å². The van der Waals surface area contributed by atoms with E-state index in [9.17, 15) is 13.2 Å². The van der Waals surface area contributed by atoms with Crippen molar-refractivity contribution < 1.29 is 13.2 Å². The van der Waals surface area contributed by atoms with Gasteiger partial charge < -0.3 is 11.5 Å². The number of amides is 1. The number of nitrogens with zero attached hydrogens (tertiary/aromatic N) is 2. The highest BCUT2D eigenvalue weighted by molar-refractivity contribution is 7.89. The molecule has 7 nitrogen and oxygen atoms in total. The minimum atomic E-state index is -3.54. The Hall–Kier alpha value is -2.61. The molecule has 1 aromatic carbocycles. The lowest BCUT2D eigenvalue weighted by Gasteiger charge is -2.06. The van der Waals surface area contributed by atoms with Gasteiger partial charge in [-0.25, -0.2) is 12.4 Å². The van der Waals surface area contributed by atoms with Crippen molar-refractivity contribution in [2.24, 2.45) is 16.5 Å². The molecule has 0 saturated carbocycles. The van der Waals surface area contributed by atoms with E-state index >= 15 is 0 Å². The molecule has 0 aliphatic carbocycles. The molecule has 2 rings (SSSR count). The summed E-state index contributed by atoms with van der Waals surface area (Å²) < 4.78 is 25.5. The van der Waals surface area contributed by atoms with Crippen LogP contribution in [0.15, 0.2) is 40.9 Å². The molecular formula is C15H18N4O3S. The van der Waals surface area contributed by atoms with E-state index in [4.69, 9.17) is 11.5 Å². The molecule has 0 radical (unpaired) electrons. The number of carbonyl (C=O) groups excluding carboxylic acids is 1. The number of hydrogen-bond donors (Lipinski definition) is 2. The fourth-order valence-electron chi connectivity index (χ4n) is 2.30. The van der Waals surface area contributed by atoms with E-state index in [0.717, 1.165) is 11.6 Å². The maximum atomic E-state index is 12.1. The molecule has 0 saturated heterocycles. The third kappa shape index (κ3) is 3.59. The molecule has 1 amide bonds. The Morgan fingerprint density at radius 1 is 1.30 bits per heavy atom. The molecule has 1 heterocycles. The van der Waals surface area contributed by atoms with E-state index in [-0.39, 0.29) is 5.96 Å². The Morgan fingerprint density at radius 3 is 2.52 bits per heavy atom. The predicted molar refractivity (Wildman–Crippen MR) is 91.3 cm³/mol. The van der Waals surface area contributed by atoms with E-state index in [1.807, 2.05) is 6.07 Å². The van der Waals surface area contributed by atoms with Gasteiger partial charge in [0, 0.05) is 11.0 Å². The van der Waals surface area contributed by atoms with Gasteiger partial charge in [0.05, 0.1) is 17.5 Å². The second-order valence-electron chi connectivity index (χ2n) is 5.02. The molecule has 0 atom stereocenters. The first-order valence-electron chi connectivity index (χ1n) is 6.89. The van der Waals surface area contributed by atoms with Crippen LogP contribution in [0.2, 0.25) is 0 Å². The molecule has 4 N–H and O–H groups in total. The van der Waals surface area contributed by atoms with Crippen molar-refractivity contribution in [2.45, 2.75) is 13.3 Å².